The number of furan rings is 1. The maximum Gasteiger partial charge on any atom is 0.334 e. The maximum atomic E-state index is 12.6. The molecule has 0 bridgehead atoms. The number of rotatable bonds is 6. The number of esters is 1. The lowest BCUT2D eigenvalue weighted by atomic mass is 10.1. The standard InChI is InChI=1S/C20H16ClNO4/c21-15-8-4-9-16(13-15)26-20(24)17(12-14-6-2-1-3-7-14)22-19(23)18-10-5-11-25-18/h1-11,13,17H,12H2,(H,22,23). The first-order chi connectivity index (χ1) is 12.6. The van der Waals surface area contributed by atoms with Crippen molar-refractivity contribution >= 4 is 23.5 Å². The fourth-order valence-electron chi connectivity index (χ4n) is 2.40. The molecule has 0 aliphatic rings. The molecule has 0 aliphatic carbocycles. The van der Waals surface area contributed by atoms with E-state index in [1.807, 2.05) is 30.3 Å². The zero-order chi connectivity index (χ0) is 18.4. The van der Waals surface area contributed by atoms with Gasteiger partial charge < -0.3 is 14.5 Å². The molecule has 26 heavy (non-hydrogen) atoms. The summed E-state index contributed by atoms with van der Waals surface area (Å²) < 4.78 is 10.5. The monoisotopic (exact) mass is 369 g/mol. The van der Waals surface area contributed by atoms with E-state index in [2.05, 4.69) is 5.32 Å². The Bertz CT molecular complexity index is 878. The van der Waals surface area contributed by atoms with Crippen LogP contribution in [0.2, 0.25) is 5.02 Å². The molecular formula is C20H16ClNO4. The van der Waals surface area contributed by atoms with E-state index >= 15 is 0 Å². The van der Waals surface area contributed by atoms with Crippen LogP contribution in [0.4, 0.5) is 0 Å². The average molecular weight is 370 g/mol. The van der Waals surface area contributed by atoms with E-state index in [1.165, 1.54) is 18.4 Å². The zero-order valence-electron chi connectivity index (χ0n) is 13.7. The van der Waals surface area contributed by atoms with Gasteiger partial charge in [-0.15, -0.1) is 0 Å². The highest BCUT2D eigenvalue weighted by atomic mass is 35.5. The first-order valence-electron chi connectivity index (χ1n) is 7.97. The first kappa shape index (κ1) is 17.8. The zero-order valence-corrected chi connectivity index (χ0v) is 14.5. The summed E-state index contributed by atoms with van der Waals surface area (Å²) in [6, 6.07) is 18.1. The van der Waals surface area contributed by atoms with Crippen LogP contribution in [0.5, 0.6) is 5.75 Å². The van der Waals surface area contributed by atoms with Gasteiger partial charge in [-0.25, -0.2) is 4.79 Å². The number of amides is 1. The van der Waals surface area contributed by atoms with Crippen LogP contribution in [0, 0.1) is 0 Å². The fraction of sp³-hybridized carbons (Fsp3) is 0.100. The van der Waals surface area contributed by atoms with Crippen molar-refractivity contribution in [3.63, 3.8) is 0 Å². The van der Waals surface area contributed by atoms with E-state index in [4.69, 9.17) is 20.8 Å². The van der Waals surface area contributed by atoms with Gasteiger partial charge in [0.2, 0.25) is 0 Å². The second kappa shape index (κ2) is 8.36. The summed E-state index contributed by atoms with van der Waals surface area (Å²) in [6.07, 6.45) is 1.68. The molecule has 0 spiro atoms. The van der Waals surface area contributed by atoms with Crippen molar-refractivity contribution in [3.05, 3.63) is 89.3 Å². The number of halogens is 1. The summed E-state index contributed by atoms with van der Waals surface area (Å²) in [4.78, 5) is 24.9. The lowest BCUT2D eigenvalue weighted by Crippen LogP contribution is -2.44. The number of hydrogen-bond acceptors (Lipinski definition) is 4. The van der Waals surface area contributed by atoms with Gasteiger partial charge in [0.1, 0.15) is 11.8 Å². The molecule has 3 rings (SSSR count). The van der Waals surface area contributed by atoms with Crippen LogP contribution in [0.25, 0.3) is 0 Å². The molecule has 1 N–H and O–H groups in total. The van der Waals surface area contributed by atoms with Gasteiger partial charge in [0, 0.05) is 11.4 Å². The molecule has 0 saturated carbocycles. The van der Waals surface area contributed by atoms with Crippen molar-refractivity contribution < 1.29 is 18.7 Å². The average Bonchev–Trinajstić information content (AvgIpc) is 3.17. The lowest BCUT2D eigenvalue weighted by Gasteiger charge is -2.17. The minimum absolute atomic E-state index is 0.124. The Morgan fingerprint density at radius 2 is 1.85 bits per heavy atom. The molecule has 0 fully saturated rings. The number of carbonyl (C=O) groups excluding carboxylic acids is 2. The number of carbonyl (C=O) groups is 2. The molecule has 1 heterocycles. The second-order valence-electron chi connectivity index (χ2n) is 5.57. The van der Waals surface area contributed by atoms with Crippen molar-refractivity contribution in [1.29, 1.82) is 0 Å². The van der Waals surface area contributed by atoms with Gasteiger partial charge in [-0.3, -0.25) is 4.79 Å². The number of benzene rings is 2. The van der Waals surface area contributed by atoms with Crippen LogP contribution in [0.1, 0.15) is 16.1 Å². The highest BCUT2D eigenvalue weighted by Gasteiger charge is 2.25. The normalized spacial score (nSPS) is 11.6. The molecule has 2 aromatic carbocycles. The predicted octanol–water partition coefficient (Wildman–Crippen LogP) is 3.88. The second-order valence-corrected chi connectivity index (χ2v) is 6.01. The summed E-state index contributed by atoms with van der Waals surface area (Å²) in [5, 5.41) is 3.12. The molecule has 1 unspecified atom stereocenters. The Balaban J connectivity index is 1.77. The summed E-state index contributed by atoms with van der Waals surface area (Å²) in [6.45, 7) is 0. The smallest absolute Gasteiger partial charge is 0.334 e. The molecule has 0 radical (unpaired) electrons. The van der Waals surface area contributed by atoms with Gasteiger partial charge in [-0.2, -0.15) is 0 Å². The topological polar surface area (TPSA) is 68.5 Å². The Labute approximate surface area is 155 Å². The third kappa shape index (κ3) is 4.74. The van der Waals surface area contributed by atoms with Crippen LogP contribution in [0.15, 0.2) is 77.4 Å². The molecule has 1 amide bonds. The third-order valence-corrected chi connectivity index (χ3v) is 3.87. The molecule has 132 valence electrons. The van der Waals surface area contributed by atoms with Crippen molar-refractivity contribution in [3.8, 4) is 5.75 Å². The molecule has 1 aromatic heterocycles. The van der Waals surface area contributed by atoms with Crippen molar-refractivity contribution in [1.82, 2.24) is 5.32 Å². The molecular weight excluding hydrogens is 354 g/mol. The third-order valence-electron chi connectivity index (χ3n) is 3.63. The summed E-state index contributed by atoms with van der Waals surface area (Å²) in [7, 11) is 0. The van der Waals surface area contributed by atoms with Crippen molar-refractivity contribution in [2.24, 2.45) is 0 Å². The van der Waals surface area contributed by atoms with Gasteiger partial charge in [0.15, 0.2) is 5.76 Å². The quantitative estimate of drug-likeness (QED) is 0.529. The van der Waals surface area contributed by atoms with Gasteiger partial charge in [-0.05, 0) is 35.9 Å². The number of ether oxygens (including phenoxy) is 1. The fourth-order valence-corrected chi connectivity index (χ4v) is 2.58. The Kier molecular flexibility index (Phi) is 5.71. The molecule has 0 saturated heterocycles. The van der Waals surface area contributed by atoms with Crippen LogP contribution in [0.3, 0.4) is 0 Å². The van der Waals surface area contributed by atoms with Crippen LogP contribution in [-0.4, -0.2) is 17.9 Å². The highest BCUT2D eigenvalue weighted by Crippen LogP contribution is 2.18. The maximum absolute atomic E-state index is 12.6. The Hall–Kier alpha value is -3.05. The van der Waals surface area contributed by atoms with Gasteiger partial charge >= 0.3 is 5.97 Å². The van der Waals surface area contributed by atoms with E-state index in [9.17, 15) is 9.59 Å². The van der Waals surface area contributed by atoms with Crippen LogP contribution < -0.4 is 10.1 Å². The van der Waals surface area contributed by atoms with E-state index in [1.54, 1.807) is 24.3 Å². The van der Waals surface area contributed by atoms with Gasteiger partial charge in [0.05, 0.1) is 6.26 Å². The molecule has 1 atom stereocenters. The van der Waals surface area contributed by atoms with Crippen LogP contribution >= 0.6 is 11.6 Å². The van der Waals surface area contributed by atoms with Gasteiger partial charge in [-0.1, -0.05) is 48.0 Å². The van der Waals surface area contributed by atoms with Gasteiger partial charge in [0.25, 0.3) is 5.91 Å². The van der Waals surface area contributed by atoms with Crippen LogP contribution in [-0.2, 0) is 11.2 Å². The number of nitrogens with one attached hydrogen (secondary N) is 1. The minimum Gasteiger partial charge on any atom is -0.459 e. The molecule has 6 heteroatoms. The van der Waals surface area contributed by atoms with E-state index in [0.29, 0.717) is 10.8 Å². The predicted molar refractivity (Wildman–Crippen MR) is 97.2 cm³/mol. The highest BCUT2D eigenvalue weighted by molar-refractivity contribution is 6.30. The first-order valence-corrected chi connectivity index (χ1v) is 8.35. The van der Waals surface area contributed by atoms with Crippen molar-refractivity contribution in [2.75, 3.05) is 0 Å². The van der Waals surface area contributed by atoms with E-state index in [0.717, 1.165) is 5.56 Å². The molecule has 0 aliphatic heterocycles. The van der Waals surface area contributed by atoms with E-state index in [-0.39, 0.29) is 12.2 Å². The minimum atomic E-state index is -0.881. The van der Waals surface area contributed by atoms with E-state index < -0.39 is 17.9 Å². The Morgan fingerprint density at radius 3 is 2.54 bits per heavy atom. The SMILES string of the molecule is O=C(NC(Cc1ccccc1)C(=O)Oc1cccc(Cl)c1)c1ccco1. The summed E-state index contributed by atoms with van der Waals surface area (Å²) >= 11 is 5.92. The summed E-state index contributed by atoms with van der Waals surface area (Å²) in [5.74, 6) is -0.638. The van der Waals surface area contributed by atoms with Crippen molar-refractivity contribution in [2.45, 2.75) is 12.5 Å². The summed E-state index contributed by atoms with van der Waals surface area (Å²) in [5.41, 5.74) is 0.889. The largest absolute Gasteiger partial charge is 0.459 e. The lowest BCUT2D eigenvalue weighted by molar-refractivity contribution is -0.136. The number of hydrogen-bond donors (Lipinski definition) is 1. The Morgan fingerprint density at radius 1 is 1.04 bits per heavy atom. The molecule has 3 aromatic rings. The molecule has 5 nitrogen and oxygen atoms in total.